The third-order valence-corrected chi connectivity index (χ3v) is 1.22. The summed E-state index contributed by atoms with van der Waals surface area (Å²) in [7, 11) is 0. The van der Waals surface area contributed by atoms with E-state index in [9.17, 15) is 0 Å². The van der Waals surface area contributed by atoms with Gasteiger partial charge in [0.05, 0.1) is 0 Å². The second-order valence-electron chi connectivity index (χ2n) is 1.16. The van der Waals surface area contributed by atoms with Crippen molar-refractivity contribution in [2.45, 2.75) is 6.92 Å². The largest absolute Gasteiger partial charge is 0.404 e. The van der Waals surface area contributed by atoms with E-state index in [1.807, 2.05) is 0 Å². The first-order valence-electron chi connectivity index (χ1n) is 1.81. The van der Waals surface area contributed by atoms with Crippen LogP contribution in [0.15, 0.2) is 11.8 Å². The van der Waals surface area contributed by atoms with Crippen LogP contribution in [-0.4, -0.2) is 4.62 Å². The highest BCUT2D eigenvalue weighted by Gasteiger charge is 1.87. The van der Waals surface area contributed by atoms with Gasteiger partial charge in [0.25, 0.3) is 0 Å². The molecule has 0 aliphatic carbocycles. The quantitative estimate of drug-likeness (QED) is 0.561. The van der Waals surface area contributed by atoms with Gasteiger partial charge in [-0.25, -0.2) is 0 Å². The van der Waals surface area contributed by atoms with Crippen molar-refractivity contribution < 1.29 is 0 Å². The van der Waals surface area contributed by atoms with Gasteiger partial charge in [0.2, 0.25) is 0 Å². The van der Waals surface area contributed by atoms with Crippen molar-refractivity contribution in [3.63, 3.8) is 0 Å². The molecule has 0 saturated carbocycles. The van der Waals surface area contributed by atoms with E-state index in [0.29, 0.717) is 4.62 Å². The van der Waals surface area contributed by atoms with Crippen LogP contribution in [0.4, 0.5) is 0 Å². The van der Waals surface area contributed by atoms with E-state index in [1.54, 1.807) is 6.92 Å². The fourth-order valence-electron chi connectivity index (χ4n) is 0.0732. The van der Waals surface area contributed by atoms with E-state index >= 15 is 0 Å². The molecule has 3 heteroatoms. The molecule has 0 amide bonds. The summed E-state index contributed by atoms with van der Waals surface area (Å²) in [5, 5.41) is 6.87. The molecular formula is C4H7BrN2. The number of hydrogen-bond donors (Lipinski definition) is 2. The summed E-state index contributed by atoms with van der Waals surface area (Å²) in [6, 6.07) is 0. The van der Waals surface area contributed by atoms with Crippen molar-refractivity contribution in [3.8, 4) is 0 Å². The van der Waals surface area contributed by atoms with Crippen LogP contribution in [0.1, 0.15) is 6.92 Å². The molecule has 0 aromatic heterocycles. The molecule has 0 aliphatic heterocycles. The van der Waals surface area contributed by atoms with Gasteiger partial charge in [-0.3, -0.25) is 5.41 Å². The molecule has 3 N–H and O–H groups in total. The lowest BCUT2D eigenvalue weighted by molar-refractivity contribution is 1.44. The van der Waals surface area contributed by atoms with Crippen molar-refractivity contribution >= 4 is 20.6 Å². The summed E-state index contributed by atoms with van der Waals surface area (Å²) in [4.78, 5) is 0. The Bertz CT molecular complexity index is 106. The van der Waals surface area contributed by atoms with Crippen molar-refractivity contribution in [2.75, 3.05) is 0 Å². The van der Waals surface area contributed by atoms with E-state index in [-0.39, 0.29) is 0 Å². The first-order chi connectivity index (χ1) is 3.18. The Labute approximate surface area is 51.0 Å². The minimum Gasteiger partial charge on any atom is -0.404 e. The Morgan fingerprint density at radius 1 is 1.86 bits per heavy atom. The Kier molecular flexibility index (Phi) is 2.67. The van der Waals surface area contributed by atoms with Crippen LogP contribution in [0, 0.1) is 5.41 Å². The molecule has 0 saturated heterocycles. The zero-order chi connectivity index (χ0) is 5.86. The minimum absolute atomic E-state index is 0.343. The number of allylic oxidation sites excluding steroid dienone is 1. The predicted octanol–water partition coefficient (Wildman–Crippen LogP) is 1.22. The molecular weight excluding hydrogens is 156 g/mol. The third-order valence-electron chi connectivity index (χ3n) is 0.596. The topological polar surface area (TPSA) is 49.9 Å². The van der Waals surface area contributed by atoms with E-state index in [0.717, 1.165) is 5.57 Å². The molecule has 0 spiro atoms. The van der Waals surface area contributed by atoms with Gasteiger partial charge in [0, 0.05) is 0 Å². The summed E-state index contributed by atoms with van der Waals surface area (Å²) in [5.41, 5.74) is 5.79. The Morgan fingerprint density at radius 2 is 2.29 bits per heavy atom. The minimum atomic E-state index is 0.343. The summed E-state index contributed by atoms with van der Waals surface area (Å²) in [6.07, 6.45) is 1.39. The molecule has 0 unspecified atom stereocenters. The molecule has 0 aliphatic rings. The summed E-state index contributed by atoms with van der Waals surface area (Å²) < 4.78 is 0.343. The monoisotopic (exact) mass is 162 g/mol. The smallest absolute Gasteiger partial charge is 0.101 e. The van der Waals surface area contributed by atoms with Gasteiger partial charge in [-0.05, 0) is 34.6 Å². The standard InChI is InChI=1S/C4H7BrN2/c1-3(2-6)4(5)7/h2,7H,6H2,1H3. The van der Waals surface area contributed by atoms with Crippen LogP contribution in [0.2, 0.25) is 0 Å². The first-order valence-corrected chi connectivity index (χ1v) is 2.60. The average molecular weight is 163 g/mol. The molecule has 0 atom stereocenters. The van der Waals surface area contributed by atoms with Crippen molar-refractivity contribution in [1.82, 2.24) is 0 Å². The number of nitrogens with two attached hydrogens (primary N) is 1. The Balaban J connectivity index is 3.82. The fraction of sp³-hybridized carbons (Fsp3) is 0.250. The lowest BCUT2D eigenvalue weighted by Crippen LogP contribution is -1.89. The van der Waals surface area contributed by atoms with Crippen LogP contribution >= 0.6 is 15.9 Å². The van der Waals surface area contributed by atoms with Gasteiger partial charge in [-0.2, -0.15) is 0 Å². The summed E-state index contributed by atoms with van der Waals surface area (Å²) in [6.45, 7) is 1.76. The van der Waals surface area contributed by atoms with Gasteiger partial charge in [0.1, 0.15) is 4.62 Å². The third kappa shape index (κ3) is 2.39. The molecule has 40 valence electrons. The molecule has 0 radical (unpaired) electrons. The second-order valence-corrected chi connectivity index (χ2v) is 1.96. The lowest BCUT2D eigenvalue weighted by Gasteiger charge is -1.87. The molecule has 7 heavy (non-hydrogen) atoms. The van der Waals surface area contributed by atoms with Crippen molar-refractivity contribution in [1.29, 1.82) is 5.41 Å². The zero-order valence-electron chi connectivity index (χ0n) is 4.03. The van der Waals surface area contributed by atoms with E-state index in [1.165, 1.54) is 6.20 Å². The second kappa shape index (κ2) is 2.80. The van der Waals surface area contributed by atoms with E-state index in [2.05, 4.69) is 15.9 Å². The Hall–Kier alpha value is -0.310. The van der Waals surface area contributed by atoms with Gasteiger partial charge < -0.3 is 5.73 Å². The molecule has 2 nitrogen and oxygen atoms in total. The highest BCUT2D eigenvalue weighted by atomic mass is 79.9. The molecule has 0 aromatic rings. The van der Waals surface area contributed by atoms with Crippen LogP contribution in [0.5, 0.6) is 0 Å². The fourth-order valence-corrected chi connectivity index (χ4v) is 0.205. The average Bonchev–Trinajstić information content (AvgIpc) is 1.65. The van der Waals surface area contributed by atoms with Crippen LogP contribution in [-0.2, 0) is 0 Å². The Morgan fingerprint density at radius 3 is 2.29 bits per heavy atom. The molecule has 0 bridgehead atoms. The van der Waals surface area contributed by atoms with Gasteiger partial charge in [0.15, 0.2) is 0 Å². The molecule has 0 heterocycles. The summed E-state index contributed by atoms with van der Waals surface area (Å²) in [5.74, 6) is 0. The number of nitrogens with one attached hydrogen (secondary N) is 1. The zero-order valence-corrected chi connectivity index (χ0v) is 5.62. The van der Waals surface area contributed by atoms with Gasteiger partial charge in [-0.15, -0.1) is 0 Å². The highest BCUT2D eigenvalue weighted by Crippen LogP contribution is 1.97. The predicted molar refractivity (Wildman–Crippen MR) is 34.6 cm³/mol. The molecule has 0 rings (SSSR count). The van der Waals surface area contributed by atoms with E-state index in [4.69, 9.17) is 11.1 Å². The van der Waals surface area contributed by atoms with E-state index < -0.39 is 0 Å². The van der Waals surface area contributed by atoms with Crippen molar-refractivity contribution in [3.05, 3.63) is 11.8 Å². The number of hydrogen-bond acceptors (Lipinski definition) is 2. The first kappa shape index (κ1) is 6.69. The normalized spacial score (nSPS) is 11.4. The van der Waals surface area contributed by atoms with Crippen LogP contribution < -0.4 is 5.73 Å². The maximum absolute atomic E-state index is 6.87. The maximum Gasteiger partial charge on any atom is 0.101 e. The van der Waals surface area contributed by atoms with Crippen LogP contribution in [0.3, 0.4) is 0 Å². The number of halogens is 1. The lowest BCUT2D eigenvalue weighted by atomic mass is 10.4. The highest BCUT2D eigenvalue weighted by molar-refractivity contribution is 9.18. The van der Waals surface area contributed by atoms with Crippen molar-refractivity contribution in [2.24, 2.45) is 5.73 Å². The molecule has 0 aromatic carbocycles. The van der Waals surface area contributed by atoms with Crippen LogP contribution in [0.25, 0.3) is 0 Å². The SMILES string of the molecule is CC(=CN)C(=N)Br. The maximum atomic E-state index is 6.87. The molecule has 0 fully saturated rings. The summed E-state index contributed by atoms with van der Waals surface area (Å²) >= 11 is 2.93. The van der Waals surface area contributed by atoms with Gasteiger partial charge >= 0.3 is 0 Å². The van der Waals surface area contributed by atoms with Gasteiger partial charge in [-0.1, -0.05) is 0 Å². The number of rotatable bonds is 1.